The van der Waals surface area contributed by atoms with Crippen LogP contribution >= 0.6 is 0 Å². The molecule has 5 nitrogen and oxygen atoms in total. The molecule has 0 atom stereocenters. The van der Waals surface area contributed by atoms with Crippen LogP contribution in [0.25, 0.3) is 0 Å². The van der Waals surface area contributed by atoms with Crippen molar-refractivity contribution in [3.63, 3.8) is 0 Å². The number of aromatic nitrogens is 1. The Kier molecular flexibility index (Phi) is 1.81. The van der Waals surface area contributed by atoms with Crippen LogP contribution in [0.4, 0.5) is 0 Å². The van der Waals surface area contributed by atoms with Crippen LogP contribution in [0.1, 0.15) is 18.5 Å². The summed E-state index contributed by atoms with van der Waals surface area (Å²) in [6, 6.07) is 1.70. The third-order valence-electron chi connectivity index (χ3n) is 2.16. The van der Waals surface area contributed by atoms with Gasteiger partial charge in [-0.15, -0.1) is 0 Å². The third kappa shape index (κ3) is 1.70. The Labute approximate surface area is 75.3 Å². The molecular formula is C8H11N3O2. The maximum atomic E-state index is 11.3. The molecule has 0 radical (unpaired) electrons. The number of nitrogens with one attached hydrogen (secondary N) is 1. The molecule has 0 aromatic carbocycles. The van der Waals surface area contributed by atoms with Crippen molar-refractivity contribution in [1.82, 2.24) is 10.5 Å². The Balaban J connectivity index is 1.83. The number of hydrogen-bond donors (Lipinski definition) is 2. The molecule has 1 amide bonds. The largest absolute Gasteiger partial charge is 0.364 e. The Hall–Kier alpha value is -1.36. The molecule has 1 aliphatic rings. The average Bonchev–Trinajstić information content (AvgIpc) is 2.70. The molecule has 0 unspecified atom stereocenters. The van der Waals surface area contributed by atoms with E-state index in [4.69, 9.17) is 5.73 Å². The minimum atomic E-state index is -0.607. The van der Waals surface area contributed by atoms with Gasteiger partial charge in [-0.25, -0.2) is 0 Å². The van der Waals surface area contributed by atoms with Crippen LogP contribution in [0.2, 0.25) is 0 Å². The maximum absolute atomic E-state index is 11.3. The van der Waals surface area contributed by atoms with Gasteiger partial charge in [-0.05, 0) is 12.8 Å². The first-order valence-corrected chi connectivity index (χ1v) is 4.17. The average molecular weight is 181 g/mol. The van der Waals surface area contributed by atoms with Gasteiger partial charge in [0.1, 0.15) is 12.0 Å². The zero-order valence-corrected chi connectivity index (χ0v) is 7.12. The van der Waals surface area contributed by atoms with Gasteiger partial charge >= 0.3 is 0 Å². The second kappa shape index (κ2) is 2.85. The molecule has 1 aromatic heterocycles. The first kappa shape index (κ1) is 8.25. The molecule has 0 aliphatic heterocycles. The molecule has 2 rings (SSSR count). The van der Waals surface area contributed by atoms with E-state index in [2.05, 4.69) is 15.0 Å². The molecule has 1 saturated carbocycles. The van der Waals surface area contributed by atoms with Crippen molar-refractivity contribution in [1.29, 1.82) is 0 Å². The van der Waals surface area contributed by atoms with Gasteiger partial charge in [-0.2, -0.15) is 0 Å². The summed E-state index contributed by atoms with van der Waals surface area (Å²) >= 11 is 0. The van der Waals surface area contributed by atoms with Crippen molar-refractivity contribution in [3.05, 3.63) is 18.0 Å². The summed E-state index contributed by atoms with van der Waals surface area (Å²) in [4.78, 5) is 11.3. The number of nitrogens with zero attached hydrogens (tertiary/aromatic N) is 1. The molecule has 0 saturated heterocycles. The lowest BCUT2D eigenvalue weighted by Gasteiger charge is -2.07. The number of hydrogen-bond acceptors (Lipinski definition) is 4. The molecule has 1 fully saturated rings. The summed E-state index contributed by atoms with van der Waals surface area (Å²) in [5.41, 5.74) is 5.77. The molecule has 0 spiro atoms. The molecule has 5 heteroatoms. The summed E-state index contributed by atoms with van der Waals surface area (Å²) in [6.07, 6.45) is 3.02. The fourth-order valence-corrected chi connectivity index (χ4v) is 1.04. The Morgan fingerprint density at radius 2 is 2.54 bits per heavy atom. The summed E-state index contributed by atoms with van der Waals surface area (Å²) in [5, 5.41) is 6.36. The van der Waals surface area contributed by atoms with Crippen LogP contribution in [0, 0.1) is 0 Å². The molecule has 1 aromatic rings. The van der Waals surface area contributed by atoms with E-state index < -0.39 is 5.54 Å². The highest BCUT2D eigenvalue weighted by atomic mass is 16.5. The quantitative estimate of drug-likeness (QED) is 0.675. The van der Waals surface area contributed by atoms with Crippen molar-refractivity contribution < 1.29 is 9.32 Å². The number of carbonyl (C=O) groups excluding carboxylic acids is 1. The van der Waals surface area contributed by atoms with Gasteiger partial charge in [0.2, 0.25) is 5.91 Å². The fourth-order valence-electron chi connectivity index (χ4n) is 1.04. The van der Waals surface area contributed by atoms with E-state index in [0.717, 1.165) is 12.8 Å². The van der Waals surface area contributed by atoms with Gasteiger partial charge in [-0.3, -0.25) is 4.79 Å². The predicted octanol–water partition coefficient (Wildman–Crippen LogP) is -0.218. The van der Waals surface area contributed by atoms with E-state index in [1.54, 1.807) is 6.07 Å². The van der Waals surface area contributed by atoms with Crippen LogP contribution in [-0.4, -0.2) is 16.6 Å². The molecule has 13 heavy (non-hydrogen) atoms. The second-order valence-corrected chi connectivity index (χ2v) is 3.33. The zero-order valence-electron chi connectivity index (χ0n) is 7.12. The van der Waals surface area contributed by atoms with E-state index in [1.807, 2.05) is 0 Å². The first-order valence-electron chi connectivity index (χ1n) is 4.17. The van der Waals surface area contributed by atoms with Gasteiger partial charge in [0.25, 0.3) is 0 Å². The van der Waals surface area contributed by atoms with Gasteiger partial charge in [0.05, 0.1) is 12.1 Å². The maximum Gasteiger partial charge on any atom is 0.240 e. The lowest BCUT2D eigenvalue weighted by atomic mass is 10.2. The molecule has 1 heterocycles. The number of rotatable bonds is 3. The van der Waals surface area contributed by atoms with Crippen molar-refractivity contribution in [2.24, 2.45) is 5.73 Å². The first-order chi connectivity index (χ1) is 6.21. The smallest absolute Gasteiger partial charge is 0.240 e. The van der Waals surface area contributed by atoms with Crippen molar-refractivity contribution in [2.75, 3.05) is 0 Å². The van der Waals surface area contributed by atoms with E-state index in [-0.39, 0.29) is 5.91 Å². The highest BCUT2D eigenvalue weighted by molar-refractivity contribution is 5.88. The van der Waals surface area contributed by atoms with E-state index in [0.29, 0.717) is 12.2 Å². The van der Waals surface area contributed by atoms with E-state index in [9.17, 15) is 4.79 Å². The molecule has 1 aliphatic carbocycles. The topological polar surface area (TPSA) is 81.2 Å². The highest BCUT2D eigenvalue weighted by Gasteiger charge is 2.45. The van der Waals surface area contributed by atoms with Crippen LogP contribution in [0.3, 0.4) is 0 Å². The minimum absolute atomic E-state index is 0.101. The fraction of sp³-hybridized carbons (Fsp3) is 0.500. The predicted molar refractivity (Wildman–Crippen MR) is 44.5 cm³/mol. The highest BCUT2D eigenvalue weighted by Crippen LogP contribution is 2.32. The van der Waals surface area contributed by atoms with Gasteiger partial charge < -0.3 is 15.6 Å². The van der Waals surface area contributed by atoms with Crippen molar-refractivity contribution in [2.45, 2.75) is 24.9 Å². The van der Waals surface area contributed by atoms with E-state index >= 15 is 0 Å². The van der Waals surface area contributed by atoms with Gasteiger partial charge in [-0.1, -0.05) is 5.16 Å². The third-order valence-corrected chi connectivity index (χ3v) is 2.16. The second-order valence-electron chi connectivity index (χ2n) is 3.33. The number of carbonyl (C=O) groups is 1. The summed E-state index contributed by atoms with van der Waals surface area (Å²) in [6.45, 7) is 0.383. The van der Waals surface area contributed by atoms with Crippen LogP contribution in [-0.2, 0) is 11.3 Å². The Morgan fingerprint density at radius 3 is 3.08 bits per heavy atom. The van der Waals surface area contributed by atoms with Gasteiger partial charge in [0.15, 0.2) is 0 Å². The van der Waals surface area contributed by atoms with Crippen molar-refractivity contribution in [3.8, 4) is 0 Å². The van der Waals surface area contributed by atoms with Crippen LogP contribution in [0.5, 0.6) is 0 Å². The Bertz CT molecular complexity index is 303. The van der Waals surface area contributed by atoms with Crippen molar-refractivity contribution >= 4 is 5.91 Å². The minimum Gasteiger partial charge on any atom is -0.364 e. The van der Waals surface area contributed by atoms with Crippen LogP contribution in [0.15, 0.2) is 16.9 Å². The molecule has 0 bridgehead atoms. The summed E-state index contributed by atoms with van der Waals surface area (Å²) < 4.78 is 4.62. The van der Waals surface area contributed by atoms with E-state index in [1.165, 1.54) is 6.26 Å². The Morgan fingerprint density at radius 1 is 1.77 bits per heavy atom. The molecular weight excluding hydrogens is 170 g/mol. The number of amides is 1. The zero-order chi connectivity index (χ0) is 9.31. The molecule has 3 N–H and O–H groups in total. The van der Waals surface area contributed by atoms with Crippen LogP contribution < -0.4 is 11.1 Å². The standard InChI is InChI=1S/C8H11N3O2/c9-8(2-3-8)7(12)10-5-6-1-4-13-11-6/h1,4H,2-3,5,9H2,(H,10,12). The van der Waals surface area contributed by atoms with Gasteiger partial charge in [0, 0.05) is 6.07 Å². The SMILES string of the molecule is NC1(C(=O)NCc2ccon2)CC1. The monoisotopic (exact) mass is 181 g/mol. The number of nitrogens with two attached hydrogens (primary N) is 1. The summed E-state index contributed by atoms with van der Waals surface area (Å²) in [5.74, 6) is -0.101. The lowest BCUT2D eigenvalue weighted by molar-refractivity contribution is -0.123. The molecule has 70 valence electrons. The summed E-state index contributed by atoms with van der Waals surface area (Å²) in [7, 11) is 0. The lowest BCUT2D eigenvalue weighted by Crippen LogP contribution is -2.42. The normalized spacial score (nSPS) is 18.2.